The Kier molecular flexibility index (Phi) is 26.3. The van der Waals surface area contributed by atoms with Crippen LogP contribution in [0.3, 0.4) is 0 Å². The number of unbranched alkanes of at least 4 members (excludes halogenated alkanes) is 2. The molecule has 0 bridgehead atoms. The zero-order valence-electron chi connectivity index (χ0n) is 22.2. The fraction of sp³-hybridized carbons (Fsp3) is 0.556. The summed E-state index contributed by atoms with van der Waals surface area (Å²) in [6.07, 6.45) is 9.45. The van der Waals surface area contributed by atoms with E-state index in [0.29, 0.717) is 12.1 Å². The molecular weight excluding hydrogens is 396 g/mol. The molecule has 0 aliphatic carbocycles. The quantitative estimate of drug-likeness (QED) is 0.186. The zero-order chi connectivity index (χ0) is 25.4. The van der Waals surface area contributed by atoms with Gasteiger partial charge in [-0.25, -0.2) is 4.99 Å². The number of hydrogen-bond acceptors (Lipinski definition) is 3. The van der Waals surface area contributed by atoms with E-state index in [-0.39, 0.29) is 5.91 Å². The van der Waals surface area contributed by atoms with Crippen LogP contribution in [-0.4, -0.2) is 36.5 Å². The van der Waals surface area contributed by atoms with Crippen molar-refractivity contribution in [1.82, 2.24) is 10.3 Å². The first-order valence-electron chi connectivity index (χ1n) is 11.7. The first-order chi connectivity index (χ1) is 15.2. The third-order valence-corrected chi connectivity index (χ3v) is 3.52. The molecule has 0 radical (unpaired) electrons. The molecule has 1 amide bonds. The van der Waals surface area contributed by atoms with Gasteiger partial charge < -0.3 is 5.32 Å². The summed E-state index contributed by atoms with van der Waals surface area (Å²) in [5, 5.41) is 2.75. The van der Waals surface area contributed by atoms with Crippen molar-refractivity contribution < 1.29 is 4.79 Å². The van der Waals surface area contributed by atoms with Crippen LogP contribution in [-0.2, 0) is 0 Å². The predicted molar refractivity (Wildman–Crippen MR) is 144 cm³/mol. The van der Waals surface area contributed by atoms with Gasteiger partial charge in [-0.3, -0.25) is 14.8 Å². The molecule has 0 aliphatic heterocycles. The van der Waals surface area contributed by atoms with Gasteiger partial charge in [-0.1, -0.05) is 71.6 Å². The van der Waals surface area contributed by atoms with Crippen LogP contribution >= 0.6 is 0 Å². The molecular formula is C27H48N4O. The van der Waals surface area contributed by atoms with Crippen LogP contribution in [0.25, 0.3) is 0 Å². The smallest absolute Gasteiger partial charge is 0.253 e. The molecule has 1 rings (SSSR count). The van der Waals surface area contributed by atoms with Gasteiger partial charge in [0.1, 0.15) is 6.34 Å². The molecule has 1 aromatic rings. The minimum atomic E-state index is -0.160. The Morgan fingerprint density at radius 2 is 1.66 bits per heavy atom. The third kappa shape index (κ3) is 22.1. The zero-order valence-corrected chi connectivity index (χ0v) is 22.2. The summed E-state index contributed by atoms with van der Waals surface area (Å²) in [7, 11) is 1.65. The summed E-state index contributed by atoms with van der Waals surface area (Å²) in [5.74, 6) is -0.160. The summed E-state index contributed by atoms with van der Waals surface area (Å²) in [5.41, 5.74) is 4.20. The van der Waals surface area contributed by atoms with Gasteiger partial charge in [0.15, 0.2) is 0 Å². The van der Waals surface area contributed by atoms with E-state index in [0.717, 1.165) is 17.0 Å². The number of allylic oxidation sites excluding steroid dienone is 1. The van der Waals surface area contributed by atoms with Gasteiger partial charge in [0, 0.05) is 19.8 Å². The van der Waals surface area contributed by atoms with E-state index >= 15 is 0 Å². The Morgan fingerprint density at radius 3 is 2.06 bits per heavy atom. The first kappa shape index (κ1) is 34.1. The molecule has 32 heavy (non-hydrogen) atoms. The molecule has 0 saturated heterocycles. The van der Waals surface area contributed by atoms with Crippen LogP contribution in [0.15, 0.2) is 52.6 Å². The monoisotopic (exact) mass is 444 g/mol. The molecule has 1 N–H and O–H groups in total. The van der Waals surface area contributed by atoms with E-state index in [4.69, 9.17) is 0 Å². The average Bonchev–Trinajstić information content (AvgIpc) is 2.78. The largest absolute Gasteiger partial charge is 0.348 e. The number of carbonyl (C=O) groups is 1. The van der Waals surface area contributed by atoms with Crippen LogP contribution in [0.4, 0.5) is 0 Å². The number of hydrogen-bond donors (Lipinski definition) is 1. The molecule has 182 valence electrons. The van der Waals surface area contributed by atoms with Gasteiger partial charge in [0.2, 0.25) is 0 Å². The maximum absolute atomic E-state index is 11.8. The number of rotatable bonds is 9. The molecule has 5 heteroatoms. The van der Waals surface area contributed by atoms with E-state index in [9.17, 15) is 4.79 Å². The van der Waals surface area contributed by atoms with Crippen LogP contribution in [0, 0.1) is 0 Å². The normalized spacial score (nSPS) is 9.97. The molecule has 5 nitrogen and oxygen atoms in total. The van der Waals surface area contributed by atoms with Crippen molar-refractivity contribution in [3.63, 3.8) is 0 Å². The summed E-state index contributed by atoms with van der Waals surface area (Å²) >= 11 is 0. The Bertz CT molecular complexity index is 673. The lowest BCUT2D eigenvalue weighted by Crippen LogP contribution is -2.25. The SMILES string of the molecule is C=C(C)CCCCC.C=C(C)CNC(=O)c1ccc(C(C)=NC=NC)nc1.CC.CCC. The number of aromatic nitrogens is 1. The molecule has 0 unspecified atom stereocenters. The highest BCUT2D eigenvalue weighted by atomic mass is 16.1. The molecule has 0 saturated carbocycles. The molecule has 0 fully saturated rings. The molecule has 0 aromatic carbocycles. The lowest BCUT2D eigenvalue weighted by molar-refractivity contribution is 0.0956. The van der Waals surface area contributed by atoms with E-state index in [1.807, 2.05) is 27.7 Å². The van der Waals surface area contributed by atoms with Gasteiger partial charge in [0.05, 0.1) is 17.0 Å². The minimum Gasteiger partial charge on any atom is -0.348 e. The van der Waals surface area contributed by atoms with Crippen molar-refractivity contribution in [2.75, 3.05) is 13.6 Å². The Hall–Kier alpha value is -2.56. The highest BCUT2D eigenvalue weighted by molar-refractivity contribution is 6.01. The number of aliphatic imine (C=N–C) groups is 2. The second-order valence-electron chi connectivity index (χ2n) is 7.28. The minimum absolute atomic E-state index is 0.160. The number of carbonyl (C=O) groups excluding carboxylic acids is 1. The van der Waals surface area contributed by atoms with Gasteiger partial charge in [-0.2, -0.15) is 0 Å². The fourth-order valence-corrected chi connectivity index (χ4v) is 1.96. The van der Waals surface area contributed by atoms with Crippen molar-refractivity contribution in [2.24, 2.45) is 9.98 Å². The van der Waals surface area contributed by atoms with Crippen molar-refractivity contribution >= 4 is 18.0 Å². The second kappa shape index (κ2) is 24.7. The van der Waals surface area contributed by atoms with E-state index in [1.165, 1.54) is 50.2 Å². The van der Waals surface area contributed by atoms with Crippen molar-refractivity contribution in [2.45, 2.75) is 87.5 Å². The van der Waals surface area contributed by atoms with Gasteiger partial charge in [-0.05, 0) is 45.7 Å². The molecule has 0 spiro atoms. The first-order valence-corrected chi connectivity index (χ1v) is 11.7. The predicted octanol–water partition coefficient (Wildman–Crippen LogP) is 7.44. The average molecular weight is 445 g/mol. The topological polar surface area (TPSA) is 66.7 Å². The third-order valence-electron chi connectivity index (χ3n) is 3.52. The maximum atomic E-state index is 11.8. The Labute approximate surface area is 198 Å². The number of pyridine rings is 1. The molecule has 0 aliphatic rings. The summed E-state index contributed by atoms with van der Waals surface area (Å²) in [6.45, 7) is 24.3. The number of amides is 1. The highest BCUT2D eigenvalue weighted by Crippen LogP contribution is 2.04. The van der Waals surface area contributed by atoms with Crippen LogP contribution < -0.4 is 5.32 Å². The highest BCUT2D eigenvalue weighted by Gasteiger charge is 2.06. The second-order valence-corrected chi connectivity index (χ2v) is 7.28. The van der Waals surface area contributed by atoms with Crippen molar-refractivity contribution in [3.05, 3.63) is 53.9 Å². The molecule has 1 heterocycles. The van der Waals surface area contributed by atoms with E-state index in [1.54, 1.807) is 19.2 Å². The van der Waals surface area contributed by atoms with E-state index < -0.39 is 0 Å². The summed E-state index contributed by atoms with van der Waals surface area (Å²) < 4.78 is 0. The van der Waals surface area contributed by atoms with Gasteiger partial charge >= 0.3 is 0 Å². The molecule has 0 atom stereocenters. The lowest BCUT2D eigenvalue weighted by atomic mass is 10.1. The summed E-state index contributed by atoms with van der Waals surface area (Å²) in [6, 6.07) is 3.48. The van der Waals surface area contributed by atoms with Gasteiger partial charge in [-0.15, -0.1) is 6.58 Å². The molecule has 1 aromatic heterocycles. The maximum Gasteiger partial charge on any atom is 0.253 e. The van der Waals surface area contributed by atoms with Crippen LogP contribution in [0.2, 0.25) is 0 Å². The van der Waals surface area contributed by atoms with Crippen molar-refractivity contribution in [1.29, 1.82) is 0 Å². The van der Waals surface area contributed by atoms with E-state index in [2.05, 4.69) is 61.1 Å². The Balaban J connectivity index is -0.000000538. The number of nitrogens with zero attached hydrogens (tertiary/aromatic N) is 3. The van der Waals surface area contributed by atoms with Crippen molar-refractivity contribution in [3.8, 4) is 0 Å². The standard InChI is InChI=1S/C14H18N4O.C8H16.C3H8.C2H6/c1-10(2)7-17-14(19)12-5-6-13(16-8-12)11(3)18-9-15-4;1-4-5-6-7-8(2)3;1-3-2;1-2/h5-6,8-9H,1,7H2,2-4H3,(H,17,19);2,4-7H2,1,3H3;3H2,1-2H3;1-2H3. The lowest BCUT2D eigenvalue weighted by Gasteiger charge is -2.05. The van der Waals surface area contributed by atoms with Crippen LogP contribution in [0.5, 0.6) is 0 Å². The van der Waals surface area contributed by atoms with Crippen LogP contribution in [0.1, 0.15) is 104 Å². The summed E-state index contributed by atoms with van der Waals surface area (Å²) in [4.78, 5) is 23.8. The Morgan fingerprint density at radius 1 is 1.06 bits per heavy atom. The fourth-order valence-electron chi connectivity index (χ4n) is 1.96. The van der Waals surface area contributed by atoms with Gasteiger partial charge in [0.25, 0.3) is 5.91 Å². The number of nitrogens with one attached hydrogen (secondary N) is 1.